The molecule has 0 spiro atoms. The summed E-state index contributed by atoms with van der Waals surface area (Å²) in [7, 11) is 0. The Labute approximate surface area is 89.1 Å². The maximum Gasteiger partial charge on any atom is 0.230 e. The normalized spacial score (nSPS) is 20.6. The molecule has 1 fully saturated rings. The molecule has 1 aliphatic heterocycles. The van der Waals surface area contributed by atoms with Crippen molar-refractivity contribution >= 4 is 0 Å². The van der Waals surface area contributed by atoms with E-state index in [1.54, 1.807) is 6.92 Å². The quantitative estimate of drug-likeness (QED) is 0.792. The van der Waals surface area contributed by atoms with Crippen LogP contribution in [0.1, 0.15) is 25.6 Å². The second kappa shape index (κ2) is 3.57. The molecule has 0 radical (unpaired) electrons. The van der Waals surface area contributed by atoms with Crippen molar-refractivity contribution in [3.63, 3.8) is 0 Å². The molecule has 1 aromatic heterocycles. The number of aliphatic hydroxyl groups is 1. The summed E-state index contributed by atoms with van der Waals surface area (Å²) in [5.41, 5.74) is -0.533. The zero-order valence-corrected chi connectivity index (χ0v) is 9.40. The van der Waals surface area contributed by atoms with Gasteiger partial charge in [0.15, 0.2) is 0 Å². The number of aromatic nitrogens is 2. The lowest BCUT2D eigenvalue weighted by molar-refractivity contribution is -0.132. The lowest BCUT2D eigenvalue weighted by Gasteiger charge is -2.48. The molecule has 5 heteroatoms. The molecule has 1 saturated heterocycles. The summed E-state index contributed by atoms with van der Waals surface area (Å²) in [6, 6.07) is 0. The molecule has 5 nitrogen and oxygen atoms in total. The minimum Gasteiger partial charge on any atom is -0.424 e. The van der Waals surface area contributed by atoms with Gasteiger partial charge in [0.2, 0.25) is 11.8 Å². The highest BCUT2D eigenvalue weighted by atomic mass is 16.4. The number of β-amino-alcohol motifs (C(OH)–C–C–N with tert-alkyl or cyclic N) is 1. The van der Waals surface area contributed by atoms with Gasteiger partial charge in [0.05, 0.1) is 12.1 Å². The van der Waals surface area contributed by atoms with Gasteiger partial charge in [-0.05, 0) is 5.92 Å². The molecule has 84 valence electrons. The molecule has 0 aliphatic carbocycles. The van der Waals surface area contributed by atoms with Crippen LogP contribution in [-0.4, -0.2) is 38.9 Å². The van der Waals surface area contributed by atoms with Crippen LogP contribution in [0.25, 0.3) is 0 Å². The summed E-state index contributed by atoms with van der Waals surface area (Å²) >= 11 is 0. The summed E-state index contributed by atoms with van der Waals surface area (Å²) in [6.07, 6.45) is 0. The molecule has 1 aromatic rings. The third-order valence-corrected chi connectivity index (χ3v) is 3.00. The van der Waals surface area contributed by atoms with E-state index in [2.05, 4.69) is 15.1 Å². The van der Waals surface area contributed by atoms with Gasteiger partial charge in [0.25, 0.3) is 0 Å². The van der Waals surface area contributed by atoms with E-state index in [1.165, 1.54) is 0 Å². The minimum atomic E-state index is -0.533. The standard InChI is InChI=1S/C10H17N3O2/c1-7(2)10(14)5-13(6-10)4-9-12-11-8(3)15-9/h7,14H,4-6H2,1-3H3. The molecule has 2 heterocycles. The van der Waals surface area contributed by atoms with Crippen molar-refractivity contribution in [1.29, 1.82) is 0 Å². The van der Waals surface area contributed by atoms with E-state index in [0.29, 0.717) is 31.4 Å². The van der Waals surface area contributed by atoms with Crippen LogP contribution in [-0.2, 0) is 6.54 Å². The number of nitrogens with zero attached hydrogens (tertiary/aromatic N) is 3. The Bertz CT molecular complexity index is 342. The first-order chi connectivity index (χ1) is 6.99. The summed E-state index contributed by atoms with van der Waals surface area (Å²) in [4.78, 5) is 2.10. The first-order valence-electron chi connectivity index (χ1n) is 5.23. The second-order valence-electron chi connectivity index (χ2n) is 4.62. The van der Waals surface area contributed by atoms with Crippen LogP contribution < -0.4 is 0 Å². The molecule has 15 heavy (non-hydrogen) atoms. The number of hydrogen-bond acceptors (Lipinski definition) is 5. The minimum absolute atomic E-state index is 0.290. The Morgan fingerprint density at radius 3 is 2.60 bits per heavy atom. The maximum absolute atomic E-state index is 10.0. The van der Waals surface area contributed by atoms with Crippen LogP contribution in [0.4, 0.5) is 0 Å². The fourth-order valence-electron chi connectivity index (χ4n) is 1.80. The Balaban J connectivity index is 1.86. The van der Waals surface area contributed by atoms with Gasteiger partial charge < -0.3 is 9.52 Å². The van der Waals surface area contributed by atoms with Crippen molar-refractivity contribution < 1.29 is 9.52 Å². The fraction of sp³-hybridized carbons (Fsp3) is 0.800. The van der Waals surface area contributed by atoms with Crippen molar-refractivity contribution in [2.45, 2.75) is 32.9 Å². The van der Waals surface area contributed by atoms with Gasteiger partial charge in [0, 0.05) is 20.0 Å². The average Bonchev–Trinajstić information content (AvgIpc) is 2.48. The van der Waals surface area contributed by atoms with Crippen molar-refractivity contribution in [2.24, 2.45) is 5.92 Å². The molecule has 0 amide bonds. The summed E-state index contributed by atoms with van der Waals surface area (Å²) in [5, 5.41) is 17.7. The molecule has 0 bridgehead atoms. The third-order valence-electron chi connectivity index (χ3n) is 3.00. The van der Waals surface area contributed by atoms with E-state index in [-0.39, 0.29) is 5.92 Å². The Kier molecular flexibility index (Phi) is 2.52. The number of rotatable bonds is 3. The average molecular weight is 211 g/mol. The molecule has 0 unspecified atom stereocenters. The predicted molar refractivity (Wildman–Crippen MR) is 54.1 cm³/mol. The van der Waals surface area contributed by atoms with Gasteiger partial charge in [-0.25, -0.2) is 0 Å². The molecular weight excluding hydrogens is 194 g/mol. The Morgan fingerprint density at radius 2 is 2.13 bits per heavy atom. The maximum atomic E-state index is 10.0. The van der Waals surface area contributed by atoms with E-state index < -0.39 is 5.60 Å². The highest BCUT2D eigenvalue weighted by Crippen LogP contribution is 2.29. The molecular formula is C10H17N3O2. The first kappa shape index (κ1) is 10.6. The number of aryl methyl sites for hydroxylation is 1. The zero-order valence-electron chi connectivity index (χ0n) is 9.40. The fourth-order valence-corrected chi connectivity index (χ4v) is 1.80. The van der Waals surface area contributed by atoms with E-state index >= 15 is 0 Å². The van der Waals surface area contributed by atoms with Gasteiger partial charge in [-0.2, -0.15) is 0 Å². The second-order valence-corrected chi connectivity index (χ2v) is 4.62. The van der Waals surface area contributed by atoms with E-state index in [9.17, 15) is 5.11 Å². The smallest absolute Gasteiger partial charge is 0.230 e. The van der Waals surface area contributed by atoms with Crippen molar-refractivity contribution in [3.05, 3.63) is 11.8 Å². The van der Waals surface area contributed by atoms with Crippen LogP contribution in [0.15, 0.2) is 4.42 Å². The summed E-state index contributed by atoms with van der Waals surface area (Å²) in [5.74, 6) is 1.50. The predicted octanol–water partition coefficient (Wildman–Crippen LogP) is 0.581. The summed E-state index contributed by atoms with van der Waals surface area (Å²) < 4.78 is 5.27. The van der Waals surface area contributed by atoms with Gasteiger partial charge in [-0.1, -0.05) is 13.8 Å². The first-order valence-corrected chi connectivity index (χ1v) is 5.23. The highest BCUT2D eigenvalue weighted by molar-refractivity contribution is 4.98. The van der Waals surface area contributed by atoms with Gasteiger partial charge >= 0.3 is 0 Å². The lowest BCUT2D eigenvalue weighted by atomic mass is 9.83. The largest absolute Gasteiger partial charge is 0.424 e. The van der Waals surface area contributed by atoms with Crippen LogP contribution in [0, 0.1) is 12.8 Å². The summed E-state index contributed by atoms with van der Waals surface area (Å²) in [6.45, 7) is 7.85. The molecule has 0 aromatic carbocycles. The zero-order chi connectivity index (χ0) is 11.1. The highest BCUT2D eigenvalue weighted by Gasteiger charge is 2.43. The van der Waals surface area contributed by atoms with Crippen LogP contribution >= 0.6 is 0 Å². The number of likely N-dealkylation sites (tertiary alicyclic amines) is 1. The third kappa shape index (κ3) is 2.03. The van der Waals surface area contributed by atoms with E-state index in [1.807, 2.05) is 13.8 Å². The van der Waals surface area contributed by atoms with Gasteiger partial charge in [-0.15, -0.1) is 10.2 Å². The lowest BCUT2D eigenvalue weighted by Crippen LogP contribution is -2.63. The Morgan fingerprint density at radius 1 is 1.47 bits per heavy atom. The van der Waals surface area contributed by atoms with E-state index in [0.717, 1.165) is 0 Å². The van der Waals surface area contributed by atoms with Crippen molar-refractivity contribution in [2.75, 3.05) is 13.1 Å². The molecule has 1 N–H and O–H groups in total. The van der Waals surface area contributed by atoms with Crippen molar-refractivity contribution in [3.8, 4) is 0 Å². The molecule has 0 atom stereocenters. The monoisotopic (exact) mass is 211 g/mol. The van der Waals surface area contributed by atoms with Crippen molar-refractivity contribution in [1.82, 2.24) is 15.1 Å². The van der Waals surface area contributed by atoms with Gasteiger partial charge in [0.1, 0.15) is 0 Å². The topological polar surface area (TPSA) is 62.4 Å². The van der Waals surface area contributed by atoms with Crippen LogP contribution in [0.3, 0.4) is 0 Å². The van der Waals surface area contributed by atoms with Crippen LogP contribution in [0.5, 0.6) is 0 Å². The SMILES string of the molecule is Cc1nnc(CN2CC(O)(C(C)C)C2)o1. The van der Waals surface area contributed by atoms with Gasteiger partial charge in [-0.3, -0.25) is 4.90 Å². The molecule has 2 rings (SSSR count). The van der Waals surface area contributed by atoms with E-state index in [4.69, 9.17) is 4.42 Å². The molecule has 0 saturated carbocycles. The van der Waals surface area contributed by atoms with Crippen LogP contribution in [0.2, 0.25) is 0 Å². The Hall–Kier alpha value is -0.940. The molecule has 1 aliphatic rings. The number of hydrogen-bond donors (Lipinski definition) is 1.